The summed E-state index contributed by atoms with van der Waals surface area (Å²) in [6, 6.07) is 7.59. The van der Waals surface area contributed by atoms with E-state index in [-0.39, 0.29) is 11.4 Å². The molecular formula is C17H20N2O2. The lowest BCUT2D eigenvalue weighted by atomic mass is 9.86. The average molecular weight is 284 g/mol. The number of rotatable bonds is 2. The van der Waals surface area contributed by atoms with Gasteiger partial charge >= 0.3 is 0 Å². The summed E-state index contributed by atoms with van der Waals surface area (Å²) in [5.41, 5.74) is 0.328. The molecule has 3 rings (SSSR count). The summed E-state index contributed by atoms with van der Waals surface area (Å²) in [6.45, 7) is 2.23. The highest BCUT2D eigenvalue weighted by Gasteiger charge is 2.20. The summed E-state index contributed by atoms with van der Waals surface area (Å²) in [6.07, 6.45) is 6.52. The van der Waals surface area contributed by atoms with E-state index in [1.54, 1.807) is 12.3 Å². The molecule has 1 aliphatic carbocycles. The standard InChI is InChI=1S/C17H20N2O2/c1-11-6-2-5-9-15(11)18-10-14-12-7-3-4-8-13(12)16(20)19-17(14)21/h3-4,7-8,10-11,15H,2,5-6,9H2,1H3,(H2,19,20,21). The zero-order chi connectivity index (χ0) is 14.8. The number of hydrogen-bond acceptors (Lipinski definition) is 3. The van der Waals surface area contributed by atoms with Crippen LogP contribution in [-0.2, 0) is 0 Å². The fourth-order valence-electron chi connectivity index (χ4n) is 3.10. The second-order valence-corrected chi connectivity index (χ2v) is 5.87. The van der Waals surface area contributed by atoms with Gasteiger partial charge in [-0.2, -0.15) is 0 Å². The minimum Gasteiger partial charge on any atom is -0.494 e. The van der Waals surface area contributed by atoms with Gasteiger partial charge in [-0.25, -0.2) is 0 Å². The molecule has 1 aromatic carbocycles. The van der Waals surface area contributed by atoms with E-state index in [1.807, 2.05) is 18.2 Å². The molecule has 0 amide bonds. The lowest BCUT2D eigenvalue weighted by molar-refractivity contribution is 0.333. The number of benzene rings is 1. The van der Waals surface area contributed by atoms with E-state index in [2.05, 4.69) is 16.9 Å². The van der Waals surface area contributed by atoms with E-state index in [4.69, 9.17) is 0 Å². The first kappa shape index (κ1) is 13.9. The number of aromatic amines is 1. The summed E-state index contributed by atoms with van der Waals surface area (Å²) in [5.74, 6) is 0.470. The van der Waals surface area contributed by atoms with E-state index in [1.165, 1.54) is 19.3 Å². The Labute approximate surface area is 123 Å². The maximum atomic E-state index is 11.8. The van der Waals surface area contributed by atoms with Crippen LogP contribution in [0, 0.1) is 5.92 Å². The predicted octanol–water partition coefficient (Wildman–Crippen LogP) is 3.23. The van der Waals surface area contributed by atoms with Gasteiger partial charge in [-0.05, 0) is 24.8 Å². The fourth-order valence-corrected chi connectivity index (χ4v) is 3.10. The monoisotopic (exact) mass is 284 g/mol. The summed E-state index contributed by atoms with van der Waals surface area (Å²) >= 11 is 0. The molecule has 21 heavy (non-hydrogen) atoms. The van der Waals surface area contributed by atoms with Crippen LogP contribution >= 0.6 is 0 Å². The number of hydrogen-bond donors (Lipinski definition) is 2. The van der Waals surface area contributed by atoms with Crippen LogP contribution in [0.25, 0.3) is 10.8 Å². The van der Waals surface area contributed by atoms with Crippen molar-refractivity contribution in [1.82, 2.24) is 4.98 Å². The summed E-state index contributed by atoms with van der Waals surface area (Å²) < 4.78 is 0. The van der Waals surface area contributed by atoms with Crippen LogP contribution in [0.1, 0.15) is 38.2 Å². The van der Waals surface area contributed by atoms with Crippen LogP contribution in [0.3, 0.4) is 0 Å². The van der Waals surface area contributed by atoms with E-state index >= 15 is 0 Å². The third kappa shape index (κ3) is 2.71. The molecule has 0 spiro atoms. The van der Waals surface area contributed by atoms with Crippen molar-refractivity contribution >= 4 is 17.0 Å². The molecule has 0 saturated heterocycles. The summed E-state index contributed by atoms with van der Waals surface area (Å²) in [5, 5.41) is 11.4. The lowest BCUT2D eigenvalue weighted by Gasteiger charge is -2.25. The molecule has 2 unspecified atom stereocenters. The third-order valence-electron chi connectivity index (χ3n) is 4.41. The van der Waals surface area contributed by atoms with Gasteiger partial charge < -0.3 is 5.11 Å². The minimum absolute atomic E-state index is 0.106. The quantitative estimate of drug-likeness (QED) is 0.831. The highest BCUT2D eigenvalue weighted by molar-refractivity contribution is 6.01. The normalized spacial score (nSPS) is 22.9. The molecule has 1 heterocycles. The Balaban J connectivity index is 2.02. The number of H-pyrrole nitrogens is 1. The molecule has 1 aliphatic rings. The van der Waals surface area contributed by atoms with Gasteiger partial charge in [0.05, 0.1) is 11.6 Å². The minimum atomic E-state index is -0.272. The van der Waals surface area contributed by atoms with Crippen molar-refractivity contribution in [3.8, 4) is 5.88 Å². The SMILES string of the molecule is CC1CCCCC1N=Cc1c(O)[nH]c(=O)c2ccccc12. The van der Waals surface area contributed by atoms with Gasteiger partial charge in [0, 0.05) is 17.0 Å². The zero-order valence-electron chi connectivity index (χ0n) is 12.2. The Morgan fingerprint density at radius 3 is 2.71 bits per heavy atom. The van der Waals surface area contributed by atoms with Crippen LogP contribution in [-0.4, -0.2) is 22.3 Å². The molecule has 4 heteroatoms. The summed E-state index contributed by atoms with van der Waals surface area (Å²) in [4.78, 5) is 19.0. The Morgan fingerprint density at radius 2 is 1.95 bits per heavy atom. The van der Waals surface area contributed by atoms with Crippen molar-refractivity contribution in [2.45, 2.75) is 38.6 Å². The highest BCUT2D eigenvalue weighted by atomic mass is 16.3. The highest BCUT2D eigenvalue weighted by Crippen LogP contribution is 2.27. The number of pyridine rings is 1. The van der Waals surface area contributed by atoms with Crippen molar-refractivity contribution in [2.75, 3.05) is 0 Å². The largest absolute Gasteiger partial charge is 0.494 e. The molecular weight excluding hydrogens is 264 g/mol. The van der Waals surface area contributed by atoms with Crippen molar-refractivity contribution in [3.05, 3.63) is 40.2 Å². The van der Waals surface area contributed by atoms with Gasteiger partial charge in [-0.1, -0.05) is 38.0 Å². The van der Waals surface area contributed by atoms with Crippen molar-refractivity contribution in [1.29, 1.82) is 0 Å². The van der Waals surface area contributed by atoms with Crippen molar-refractivity contribution < 1.29 is 5.11 Å². The Hall–Kier alpha value is -2.10. The van der Waals surface area contributed by atoms with E-state index in [0.717, 1.165) is 11.8 Å². The van der Waals surface area contributed by atoms with Crippen LogP contribution in [0.4, 0.5) is 0 Å². The van der Waals surface area contributed by atoms with Gasteiger partial charge in [-0.3, -0.25) is 14.8 Å². The molecule has 2 aromatic rings. The van der Waals surface area contributed by atoms with Crippen LogP contribution in [0.15, 0.2) is 34.1 Å². The molecule has 2 atom stereocenters. The number of aromatic hydroxyl groups is 1. The van der Waals surface area contributed by atoms with Gasteiger partial charge in [0.2, 0.25) is 5.88 Å². The predicted molar refractivity (Wildman–Crippen MR) is 85.2 cm³/mol. The Morgan fingerprint density at radius 1 is 1.24 bits per heavy atom. The molecule has 1 fully saturated rings. The second-order valence-electron chi connectivity index (χ2n) is 5.87. The molecule has 0 radical (unpaired) electrons. The van der Waals surface area contributed by atoms with Gasteiger partial charge in [0.15, 0.2) is 0 Å². The lowest BCUT2D eigenvalue weighted by Crippen LogP contribution is -2.20. The molecule has 4 nitrogen and oxygen atoms in total. The fraction of sp³-hybridized carbons (Fsp3) is 0.412. The zero-order valence-corrected chi connectivity index (χ0v) is 12.2. The van der Waals surface area contributed by atoms with E-state index in [9.17, 15) is 9.90 Å². The van der Waals surface area contributed by atoms with Crippen molar-refractivity contribution in [3.63, 3.8) is 0 Å². The molecule has 2 N–H and O–H groups in total. The number of nitrogens with one attached hydrogen (secondary N) is 1. The number of fused-ring (bicyclic) bond motifs is 1. The van der Waals surface area contributed by atoms with E-state index < -0.39 is 0 Å². The smallest absolute Gasteiger partial charge is 0.258 e. The molecule has 1 aromatic heterocycles. The number of aromatic nitrogens is 1. The van der Waals surface area contributed by atoms with Crippen LogP contribution in [0.5, 0.6) is 5.88 Å². The number of nitrogens with zero attached hydrogens (tertiary/aromatic N) is 1. The second kappa shape index (κ2) is 5.72. The Bertz CT molecular complexity index is 733. The topological polar surface area (TPSA) is 65.5 Å². The van der Waals surface area contributed by atoms with Gasteiger partial charge in [0.1, 0.15) is 0 Å². The first-order valence-corrected chi connectivity index (χ1v) is 7.54. The van der Waals surface area contributed by atoms with Crippen molar-refractivity contribution in [2.24, 2.45) is 10.9 Å². The van der Waals surface area contributed by atoms with Crippen LogP contribution in [0.2, 0.25) is 0 Å². The first-order chi connectivity index (χ1) is 10.2. The van der Waals surface area contributed by atoms with Gasteiger partial charge in [0.25, 0.3) is 5.56 Å². The first-order valence-electron chi connectivity index (χ1n) is 7.54. The molecule has 1 saturated carbocycles. The maximum Gasteiger partial charge on any atom is 0.258 e. The van der Waals surface area contributed by atoms with E-state index in [0.29, 0.717) is 22.9 Å². The average Bonchev–Trinajstić information content (AvgIpc) is 2.49. The maximum absolute atomic E-state index is 11.8. The molecule has 0 aliphatic heterocycles. The Kier molecular flexibility index (Phi) is 3.78. The third-order valence-corrected chi connectivity index (χ3v) is 4.41. The number of aliphatic imine (C=N–C) groups is 1. The van der Waals surface area contributed by atoms with Crippen LogP contribution < -0.4 is 5.56 Å². The van der Waals surface area contributed by atoms with Gasteiger partial charge in [-0.15, -0.1) is 0 Å². The molecule has 0 bridgehead atoms. The summed E-state index contributed by atoms with van der Waals surface area (Å²) in [7, 11) is 0. The molecule has 110 valence electrons.